The zero-order chi connectivity index (χ0) is 19.9. The third kappa shape index (κ3) is 5.39. The number of rotatable bonds is 8. The number of aromatic nitrogens is 4. The van der Waals surface area contributed by atoms with Crippen LogP contribution in [0.4, 0.5) is 4.39 Å². The Morgan fingerprint density at radius 1 is 1.18 bits per heavy atom. The second-order valence-electron chi connectivity index (χ2n) is 6.55. The second-order valence-corrected chi connectivity index (χ2v) is 7.86. The molecule has 0 aliphatic heterocycles. The largest absolute Gasteiger partial charge is 0.353 e. The van der Waals surface area contributed by atoms with E-state index in [4.69, 9.17) is 0 Å². The fraction of sp³-hybridized carbons (Fsp3) is 0.300. The van der Waals surface area contributed by atoms with Crippen molar-refractivity contribution in [3.8, 4) is 5.69 Å². The van der Waals surface area contributed by atoms with E-state index in [1.165, 1.54) is 34.1 Å². The summed E-state index contributed by atoms with van der Waals surface area (Å²) in [6, 6.07) is 16.2. The quantitative estimate of drug-likeness (QED) is 0.588. The van der Waals surface area contributed by atoms with E-state index in [1.807, 2.05) is 25.1 Å². The molecule has 0 saturated carbocycles. The third-order valence-electron chi connectivity index (χ3n) is 4.24. The van der Waals surface area contributed by atoms with Crippen molar-refractivity contribution in [3.05, 3.63) is 66.0 Å². The fourth-order valence-corrected chi connectivity index (χ4v) is 3.51. The highest BCUT2D eigenvalue weighted by atomic mass is 32.2. The summed E-state index contributed by atoms with van der Waals surface area (Å²) in [4.78, 5) is 12.5. The average molecular weight is 399 g/mol. The van der Waals surface area contributed by atoms with Crippen molar-refractivity contribution < 1.29 is 9.18 Å². The van der Waals surface area contributed by atoms with Gasteiger partial charge in [-0.3, -0.25) is 4.79 Å². The summed E-state index contributed by atoms with van der Waals surface area (Å²) in [5.41, 5.74) is 1.76. The molecule has 2 aromatic carbocycles. The number of thioether (sulfide) groups is 1. The van der Waals surface area contributed by atoms with Crippen LogP contribution in [0.2, 0.25) is 0 Å². The molecule has 2 atom stereocenters. The van der Waals surface area contributed by atoms with Gasteiger partial charge in [-0.05, 0) is 60.9 Å². The molecule has 0 fully saturated rings. The molecule has 0 saturated heterocycles. The molecule has 3 rings (SSSR count). The summed E-state index contributed by atoms with van der Waals surface area (Å²) in [6.45, 7) is 3.80. The van der Waals surface area contributed by atoms with Crippen molar-refractivity contribution in [1.29, 1.82) is 0 Å². The molecule has 0 unspecified atom stereocenters. The highest BCUT2D eigenvalue weighted by Gasteiger charge is 2.20. The molecule has 0 bridgehead atoms. The van der Waals surface area contributed by atoms with Gasteiger partial charge in [-0.15, -0.1) is 5.10 Å². The van der Waals surface area contributed by atoms with Gasteiger partial charge in [0.15, 0.2) is 0 Å². The number of amides is 1. The minimum absolute atomic E-state index is 0.0509. The molecule has 146 valence electrons. The number of nitrogens with zero attached hydrogens (tertiary/aromatic N) is 4. The summed E-state index contributed by atoms with van der Waals surface area (Å²) >= 11 is 1.23. The van der Waals surface area contributed by atoms with Crippen LogP contribution in [-0.4, -0.2) is 37.4 Å². The van der Waals surface area contributed by atoms with Gasteiger partial charge in [0.1, 0.15) is 5.82 Å². The lowest BCUT2D eigenvalue weighted by atomic mass is 10.1. The monoisotopic (exact) mass is 399 g/mol. The topological polar surface area (TPSA) is 72.7 Å². The number of benzene rings is 2. The normalized spacial score (nSPS) is 13.1. The van der Waals surface area contributed by atoms with Crippen LogP contribution in [0.15, 0.2) is 59.8 Å². The maximum Gasteiger partial charge on any atom is 0.233 e. The van der Waals surface area contributed by atoms with Gasteiger partial charge < -0.3 is 5.32 Å². The summed E-state index contributed by atoms with van der Waals surface area (Å²) in [5.74, 6) is -0.457. The zero-order valence-electron chi connectivity index (χ0n) is 15.7. The molecular weight excluding hydrogens is 377 g/mol. The number of halogens is 1. The lowest BCUT2D eigenvalue weighted by Gasteiger charge is -2.17. The molecular formula is C20H22FN5OS. The smallest absolute Gasteiger partial charge is 0.233 e. The minimum atomic E-state index is -0.391. The van der Waals surface area contributed by atoms with E-state index >= 15 is 0 Å². The van der Waals surface area contributed by atoms with E-state index in [0.29, 0.717) is 10.8 Å². The van der Waals surface area contributed by atoms with Crippen LogP contribution < -0.4 is 5.32 Å². The van der Waals surface area contributed by atoms with Gasteiger partial charge in [0.05, 0.1) is 10.9 Å². The highest BCUT2D eigenvalue weighted by molar-refractivity contribution is 8.00. The van der Waals surface area contributed by atoms with Crippen LogP contribution >= 0.6 is 11.8 Å². The first-order chi connectivity index (χ1) is 13.5. The Morgan fingerprint density at radius 3 is 2.71 bits per heavy atom. The van der Waals surface area contributed by atoms with E-state index in [9.17, 15) is 9.18 Å². The Bertz CT molecular complexity index is 918. The van der Waals surface area contributed by atoms with Crippen LogP contribution in [0.5, 0.6) is 0 Å². The van der Waals surface area contributed by atoms with Gasteiger partial charge in [-0.25, -0.2) is 4.39 Å². The van der Waals surface area contributed by atoms with Gasteiger partial charge in [0, 0.05) is 6.04 Å². The van der Waals surface area contributed by atoms with Crippen LogP contribution in [0.1, 0.15) is 25.8 Å². The number of tetrazole rings is 1. The van der Waals surface area contributed by atoms with E-state index in [-0.39, 0.29) is 17.8 Å². The van der Waals surface area contributed by atoms with Gasteiger partial charge in [-0.2, -0.15) is 4.68 Å². The first-order valence-corrected chi connectivity index (χ1v) is 9.96. The van der Waals surface area contributed by atoms with Crippen molar-refractivity contribution in [2.45, 2.75) is 43.1 Å². The summed E-state index contributed by atoms with van der Waals surface area (Å²) in [7, 11) is 0. The summed E-state index contributed by atoms with van der Waals surface area (Å²) in [5, 5.41) is 14.6. The Morgan fingerprint density at radius 2 is 1.96 bits per heavy atom. The molecule has 28 heavy (non-hydrogen) atoms. The van der Waals surface area contributed by atoms with Crippen LogP contribution in [0.3, 0.4) is 0 Å². The molecule has 0 spiro atoms. The zero-order valence-corrected chi connectivity index (χ0v) is 16.6. The molecule has 1 aromatic heterocycles. The number of carbonyl (C=O) groups is 1. The van der Waals surface area contributed by atoms with Gasteiger partial charge >= 0.3 is 0 Å². The maximum absolute atomic E-state index is 13.5. The summed E-state index contributed by atoms with van der Waals surface area (Å²) in [6.07, 6.45) is 1.76. The molecule has 6 nitrogen and oxygen atoms in total. The SMILES string of the molecule is C[C@@H](CCc1ccccc1)NC(=O)[C@@H](C)Sc1nnnn1-c1cccc(F)c1. The maximum atomic E-state index is 13.5. The number of nitrogens with one attached hydrogen (secondary N) is 1. The average Bonchev–Trinajstić information content (AvgIpc) is 3.15. The van der Waals surface area contributed by atoms with Crippen molar-refractivity contribution in [2.24, 2.45) is 0 Å². The molecule has 8 heteroatoms. The Hall–Kier alpha value is -2.74. The molecule has 1 N–H and O–H groups in total. The summed E-state index contributed by atoms with van der Waals surface area (Å²) < 4.78 is 14.9. The Labute approximate surface area is 167 Å². The van der Waals surface area contributed by atoms with Gasteiger partial charge in [-0.1, -0.05) is 48.2 Å². The predicted octanol–water partition coefficient (Wildman–Crippen LogP) is 3.42. The first kappa shape index (κ1) is 20.0. The van der Waals surface area contributed by atoms with Crippen LogP contribution in [0.25, 0.3) is 5.69 Å². The first-order valence-electron chi connectivity index (χ1n) is 9.08. The third-order valence-corrected chi connectivity index (χ3v) is 5.28. The lowest BCUT2D eigenvalue weighted by molar-refractivity contribution is -0.120. The van der Waals surface area contributed by atoms with Crippen molar-refractivity contribution in [1.82, 2.24) is 25.5 Å². The number of hydrogen-bond acceptors (Lipinski definition) is 5. The molecule has 3 aromatic rings. The Balaban J connectivity index is 1.55. The number of carbonyl (C=O) groups excluding carboxylic acids is 1. The highest BCUT2D eigenvalue weighted by Crippen LogP contribution is 2.23. The fourth-order valence-electron chi connectivity index (χ4n) is 2.69. The second kappa shape index (κ2) is 9.45. The minimum Gasteiger partial charge on any atom is -0.353 e. The molecule has 1 amide bonds. The number of aryl methyl sites for hydroxylation is 1. The van der Waals surface area contributed by atoms with Crippen molar-refractivity contribution in [3.63, 3.8) is 0 Å². The molecule has 0 radical (unpaired) electrons. The Kier molecular flexibility index (Phi) is 6.76. The predicted molar refractivity (Wildman–Crippen MR) is 107 cm³/mol. The van der Waals surface area contributed by atoms with E-state index in [1.54, 1.807) is 19.1 Å². The van der Waals surface area contributed by atoms with Crippen LogP contribution in [-0.2, 0) is 11.2 Å². The van der Waals surface area contributed by atoms with Crippen LogP contribution in [0, 0.1) is 5.82 Å². The van der Waals surface area contributed by atoms with E-state index < -0.39 is 5.25 Å². The molecule has 1 heterocycles. The lowest BCUT2D eigenvalue weighted by Crippen LogP contribution is -2.38. The van der Waals surface area contributed by atoms with Gasteiger partial charge in [0.2, 0.25) is 11.1 Å². The molecule has 0 aliphatic carbocycles. The number of hydrogen-bond donors (Lipinski definition) is 1. The van der Waals surface area contributed by atoms with E-state index in [0.717, 1.165) is 12.8 Å². The molecule has 0 aliphatic rings. The van der Waals surface area contributed by atoms with Gasteiger partial charge in [0.25, 0.3) is 0 Å². The van der Waals surface area contributed by atoms with E-state index in [2.05, 4.69) is 33.0 Å². The van der Waals surface area contributed by atoms with Crippen molar-refractivity contribution >= 4 is 17.7 Å². The van der Waals surface area contributed by atoms with Crippen molar-refractivity contribution in [2.75, 3.05) is 0 Å². The standard InChI is InChI=1S/C20H22FN5OS/c1-14(11-12-16-7-4-3-5-8-16)22-19(27)15(2)28-20-23-24-25-26(20)18-10-6-9-17(21)13-18/h3-10,13-15H,11-12H2,1-2H3,(H,22,27)/t14-,15+/m0/s1.